The molecule has 0 aromatic heterocycles. The van der Waals surface area contributed by atoms with Crippen LogP contribution in [-0.2, 0) is 13.0 Å². The molecule has 2 aromatic rings. The van der Waals surface area contributed by atoms with Crippen LogP contribution in [0.4, 0.5) is 13.2 Å². The molecular weight excluding hydrogens is 307 g/mol. The van der Waals surface area contributed by atoms with Crippen molar-refractivity contribution in [1.82, 2.24) is 5.32 Å². The Bertz CT molecular complexity index is 698. The highest BCUT2D eigenvalue weighted by Crippen LogP contribution is 2.26. The molecule has 1 heterocycles. The van der Waals surface area contributed by atoms with Crippen LogP contribution in [0.2, 0.25) is 0 Å². The average Bonchev–Trinajstić information content (AvgIpc) is 3.00. The molecule has 2 aromatic carbocycles. The van der Waals surface area contributed by atoms with E-state index in [0.29, 0.717) is 13.2 Å². The van der Waals surface area contributed by atoms with Crippen molar-refractivity contribution in [2.24, 2.45) is 0 Å². The molecular formula is C17H16F3NO2. The van der Waals surface area contributed by atoms with E-state index in [4.69, 9.17) is 4.74 Å². The van der Waals surface area contributed by atoms with Crippen molar-refractivity contribution in [3.05, 3.63) is 64.5 Å². The molecule has 1 atom stereocenters. The normalized spacial score (nSPS) is 14.4. The lowest BCUT2D eigenvalue weighted by molar-refractivity contribution is 0.242. The van der Waals surface area contributed by atoms with Gasteiger partial charge >= 0.3 is 0 Å². The highest BCUT2D eigenvalue weighted by Gasteiger charge is 2.17. The summed E-state index contributed by atoms with van der Waals surface area (Å²) in [6.45, 7) is 0.706. The van der Waals surface area contributed by atoms with Crippen molar-refractivity contribution in [3.63, 3.8) is 0 Å². The Kier molecular flexibility index (Phi) is 4.54. The maximum Gasteiger partial charge on any atom is 0.194 e. The molecule has 23 heavy (non-hydrogen) atoms. The fraction of sp³-hybridized carbons (Fsp3) is 0.294. The van der Waals surface area contributed by atoms with E-state index in [0.717, 1.165) is 35.4 Å². The SMILES string of the molecule is OCC(NCc1ccc2c(c1)CCO2)c1cc(F)c(F)c(F)c1. The molecule has 3 nitrogen and oxygen atoms in total. The lowest BCUT2D eigenvalue weighted by Gasteiger charge is -2.17. The number of rotatable bonds is 5. The smallest absolute Gasteiger partial charge is 0.194 e. The number of benzene rings is 2. The van der Waals surface area contributed by atoms with E-state index < -0.39 is 23.5 Å². The molecule has 0 saturated carbocycles. The molecule has 0 saturated heterocycles. The molecule has 6 heteroatoms. The van der Waals surface area contributed by atoms with Crippen molar-refractivity contribution in [1.29, 1.82) is 0 Å². The van der Waals surface area contributed by atoms with Crippen molar-refractivity contribution in [2.75, 3.05) is 13.2 Å². The van der Waals surface area contributed by atoms with Crippen LogP contribution < -0.4 is 10.1 Å². The zero-order valence-electron chi connectivity index (χ0n) is 12.3. The van der Waals surface area contributed by atoms with Gasteiger partial charge in [0.15, 0.2) is 17.5 Å². The molecule has 0 bridgehead atoms. The van der Waals surface area contributed by atoms with Gasteiger partial charge in [0.05, 0.1) is 19.3 Å². The number of fused-ring (bicyclic) bond motifs is 1. The van der Waals surface area contributed by atoms with E-state index in [9.17, 15) is 18.3 Å². The summed E-state index contributed by atoms with van der Waals surface area (Å²) in [4.78, 5) is 0. The third-order valence-electron chi connectivity index (χ3n) is 3.90. The summed E-state index contributed by atoms with van der Waals surface area (Å²) in [5.74, 6) is -3.18. The maximum absolute atomic E-state index is 13.3. The second-order valence-corrected chi connectivity index (χ2v) is 5.46. The summed E-state index contributed by atoms with van der Waals surface area (Å²) in [5.41, 5.74) is 2.24. The first-order valence-corrected chi connectivity index (χ1v) is 7.31. The summed E-state index contributed by atoms with van der Waals surface area (Å²) in [5, 5.41) is 12.5. The number of ether oxygens (including phenoxy) is 1. The number of hydrogen-bond donors (Lipinski definition) is 2. The van der Waals surface area contributed by atoms with Gasteiger partial charge in [-0.15, -0.1) is 0 Å². The predicted molar refractivity (Wildman–Crippen MR) is 78.6 cm³/mol. The van der Waals surface area contributed by atoms with Gasteiger partial charge in [-0.1, -0.05) is 12.1 Å². The van der Waals surface area contributed by atoms with Crippen LogP contribution in [0, 0.1) is 17.5 Å². The second kappa shape index (κ2) is 6.60. The van der Waals surface area contributed by atoms with Crippen LogP contribution in [-0.4, -0.2) is 18.3 Å². The molecule has 0 fully saturated rings. The van der Waals surface area contributed by atoms with Crippen LogP contribution in [0.15, 0.2) is 30.3 Å². The van der Waals surface area contributed by atoms with Gasteiger partial charge in [0, 0.05) is 13.0 Å². The Labute approximate surface area is 131 Å². The minimum absolute atomic E-state index is 0.161. The van der Waals surface area contributed by atoms with Gasteiger partial charge in [-0.05, 0) is 34.9 Å². The van der Waals surface area contributed by atoms with E-state index in [1.54, 1.807) is 0 Å². The molecule has 0 amide bonds. The third kappa shape index (κ3) is 3.33. The van der Waals surface area contributed by atoms with Crippen molar-refractivity contribution in [3.8, 4) is 5.75 Å². The standard InChI is InChI=1S/C17H16F3NO2/c18-13-6-12(7-14(19)17(13)20)15(9-22)21-8-10-1-2-16-11(5-10)3-4-23-16/h1-2,5-7,15,21-22H,3-4,8-9H2. The lowest BCUT2D eigenvalue weighted by atomic mass is 10.1. The third-order valence-corrected chi connectivity index (χ3v) is 3.90. The van der Waals surface area contributed by atoms with Crippen molar-refractivity contribution < 1.29 is 23.0 Å². The zero-order valence-corrected chi connectivity index (χ0v) is 12.3. The number of hydrogen-bond acceptors (Lipinski definition) is 3. The van der Waals surface area contributed by atoms with E-state index in [-0.39, 0.29) is 12.2 Å². The van der Waals surface area contributed by atoms with Gasteiger partial charge in [-0.2, -0.15) is 0 Å². The fourth-order valence-electron chi connectivity index (χ4n) is 2.66. The molecule has 2 N–H and O–H groups in total. The van der Waals surface area contributed by atoms with E-state index in [1.165, 1.54) is 0 Å². The van der Waals surface area contributed by atoms with Gasteiger partial charge in [-0.25, -0.2) is 13.2 Å². The minimum atomic E-state index is -1.51. The predicted octanol–water partition coefficient (Wildman–Crippen LogP) is 2.86. The summed E-state index contributed by atoms with van der Waals surface area (Å²) < 4.78 is 45.1. The van der Waals surface area contributed by atoms with Gasteiger partial charge in [0.1, 0.15) is 5.75 Å². The Balaban J connectivity index is 1.73. The first-order chi connectivity index (χ1) is 11.1. The summed E-state index contributed by atoms with van der Waals surface area (Å²) in [7, 11) is 0. The molecule has 1 aliphatic rings. The molecule has 0 spiro atoms. The van der Waals surface area contributed by atoms with Crippen LogP contribution in [0.5, 0.6) is 5.75 Å². The lowest BCUT2D eigenvalue weighted by Crippen LogP contribution is -2.24. The van der Waals surface area contributed by atoms with Crippen LogP contribution in [0.1, 0.15) is 22.7 Å². The van der Waals surface area contributed by atoms with Gasteiger partial charge in [0.25, 0.3) is 0 Å². The van der Waals surface area contributed by atoms with Gasteiger partial charge in [-0.3, -0.25) is 0 Å². The highest BCUT2D eigenvalue weighted by molar-refractivity contribution is 5.39. The van der Waals surface area contributed by atoms with Crippen LogP contribution in [0.25, 0.3) is 0 Å². The summed E-state index contributed by atoms with van der Waals surface area (Å²) >= 11 is 0. The van der Waals surface area contributed by atoms with Gasteiger partial charge in [0.2, 0.25) is 0 Å². The first kappa shape index (κ1) is 15.8. The van der Waals surface area contributed by atoms with E-state index >= 15 is 0 Å². The quantitative estimate of drug-likeness (QED) is 0.832. The second-order valence-electron chi connectivity index (χ2n) is 5.46. The molecule has 0 aliphatic carbocycles. The molecule has 1 unspecified atom stereocenters. The number of aliphatic hydroxyl groups excluding tert-OH is 1. The Morgan fingerprint density at radius 2 is 1.87 bits per heavy atom. The topological polar surface area (TPSA) is 41.5 Å². The Morgan fingerprint density at radius 1 is 1.13 bits per heavy atom. The summed E-state index contributed by atoms with van der Waals surface area (Å²) in [6, 6.07) is 6.85. The summed E-state index contributed by atoms with van der Waals surface area (Å²) in [6.07, 6.45) is 0.848. The number of nitrogens with one attached hydrogen (secondary N) is 1. The van der Waals surface area contributed by atoms with Crippen molar-refractivity contribution in [2.45, 2.75) is 19.0 Å². The molecule has 0 radical (unpaired) electrons. The first-order valence-electron chi connectivity index (χ1n) is 7.31. The fourth-order valence-corrected chi connectivity index (χ4v) is 2.66. The molecule has 3 rings (SSSR count). The zero-order chi connectivity index (χ0) is 16.4. The molecule has 122 valence electrons. The largest absolute Gasteiger partial charge is 0.493 e. The number of halogens is 3. The Morgan fingerprint density at radius 3 is 2.57 bits per heavy atom. The highest BCUT2D eigenvalue weighted by atomic mass is 19.2. The van der Waals surface area contributed by atoms with E-state index in [2.05, 4.69) is 5.32 Å². The monoisotopic (exact) mass is 323 g/mol. The maximum atomic E-state index is 13.3. The average molecular weight is 323 g/mol. The Hall–Kier alpha value is -2.05. The van der Waals surface area contributed by atoms with E-state index in [1.807, 2.05) is 18.2 Å². The van der Waals surface area contributed by atoms with Crippen LogP contribution in [0.3, 0.4) is 0 Å². The van der Waals surface area contributed by atoms with Gasteiger partial charge < -0.3 is 15.2 Å². The van der Waals surface area contributed by atoms with Crippen molar-refractivity contribution >= 4 is 0 Å². The van der Waals surface area contributed by atoms with Crippen LogP contribution >= 0.6 is 0 Å². The number of aliphatic hydroxyl groups is 1. The minimum Gasteiger partial charge on any atom is -0.493 e. The molecule has 1 aliphatic heterocycles.